The number of aromatic nitrogens is 1. The number of H-pyrrole nitrogens is 1. The van der Waals surface area contributed by atoms with Crippen LogP contribution in [0.4, 0.5) is 11.4 Å². The molecule has 0 aliphatic heterocycles. The van der Waals surface area contributed by atoms with Crippen LogP contribution in [0.2, 0.25) is 0 Å². The Morgan fingerprint density at radius 1 is 1.10 bits per heavy atom. The molecule has 6 heteroatoms. The van der Waals surface area contributed by atoms with E-state index in [9.17, 15) is 4.79 Å². The smallest absolute Gasteiger partial charge is 0.272 e. The lowest BCUT2D eigenvalue weighted by atomic mass is 10.2. The van der Waals surface area contributed by atoms with Gasteiger partial charge in [0.25, 0.3) is 5.91 Å². The normalized spacial score (nSPS) is 10.8. The Kier molecular flexibility index (Phi) is 3.73. The summed E-state index contributed by atoms with van der Waals surface area (Å²) in [6.45, 7) is 0. The van der Waals surface area contributed by atoms with E-state index in [-0.39, 0.29) is 5.91 Å². The Hall–Kier alpha value is -1.79. The molecule has 1 aromatic heterocycles. The van der Waals surface area contributed by atoms with Crippen molar-refractivity contribution < 1.29 is 4.79 Å². The van der Waals surface area contributed by atoms with E-state index in [1.54, 1.807) is 12.1 Å². The van der Waals surface area contributed by atoms with Gasteiger partial charge in [0, 0.05) is 25.5 Å². The van der Waals surface area contributed by atoms with Crippen LogP contribution in [0.15, 0.2) is 51.4 Å². The summed E-state index contributed by atoms with van der Waals surface area (Å²) in [6, 6.07) is 12.9. The van der Waals surface area contributed by atoms with Crippen molar-refractivity contribution in [1.29, 1.82) is 0 Å². The molecule has 1 heterocycles. The second-order valence-electron chi connectivity index (χ2n) is 4.58. The minimum absolute atomic E-state index is 0.211. The van der Waals surface area contributed by atoms with E-state index in [4.69, 9.17) is 5.73 Å². The average molecular weight is 409 g/mol. The lowest BCUT2D eigenvalue weighted by Crippen LogP contribution is -2.13. The zero-order valence-corrected chi connectivity index (χ0v) is 14.0. The van der Waals surface area contributed by atoms with Crippen LogP contribution in [0, 0.1) is 0 Å². The number of fused-ring (bicyclic) bond motifs is 1. The van der Waals surface area contributed by atoms with Gasteiger partial charge in [-0.15, -0.1) is 0 Å². The number of nitrogen functional groups attached to an aromatic ring is 1. The maximum absolute atomic E-state index is 12.4. The highest BCUT2D eigenvalue weighted by Crippen LogP contribution is 2.31. The van der Waals surface area contributed by atoms with Crippen LogP contribution < -0.4 is 11.1 Å². The number of rotatable bonds is 2. The van der Waals surface area contributed by atoms with Crippen LogP contribution >= 0.6 is 31.9 Å². The second kappa shape index (κ2) is 5.54. The van der Waals surface area contributed by atoms with E-state index >= 15 is 0 Å². The van der Waals surface area contributed by atoms with Crippen LogP contribution in [0.5, 0.6) is 0 Å². The predicted molar refractivity (Wildman–Crippen MR) is 92.5 cm³/mol. The average Bonchev–Trinajstić information content (AvgIpc) is 2.86. The highest BCUT2D eigenvalue weighted by Gasteiger charge is 2.13. The topological polar surface area (TPSA) is 70.9 Å². The first-order valence-electron chi connectivity index (χ1n) is 6.18. The van der Waals surface area contributed by atoms with Gasteiger partial charge in [0.1, 0.15) is 5.69 Å². The molecule has 0 radical (unpaired) electrons. The van der Waals surface area contributed by atoms with Gasteiger partial charge >= 0.3 is 0 Å². The van der Waals surface area contributed by atoms with Crippen molar-refractivity contribution in [2.24, 2.45) is 0 Å². The third kappa shape index (κ3) is 2.82. The van der Waals surface area contributed by atoms with Crippen molar-refractivity contribution in [3.63, 3.8) is 0 Å². The van der Waals surface area contributed by atoms with Crippen molar-refractivity contribution in [2.45, 2.75) is 0 Å². The molecule has 0 saturated heterocycles. The number of aromatic amines is 1. The minimum Gasteiger partial charge on any atom is -0.399 e. The van der Waals surface area contributed by atoms with E-state index < -0.39 is 0 Å². The van der Waals surface area contributed by atoms with E-state index in [2.05, 4.69) is 42.2 Å². The molecule has 1 amide bonds. The standard InChI is InChI=1S/C15H11Br2N3O/c16-10-2-1-3-11(17)14(10)20-15(21)13-7-8-6-9(18)4-5-12(8)19-13/h1-7,19H,18H2,(H,20,21). The zero-order chi connectivity index (χ0) is 15.0. The molecule has 0 fully saturated rings. The first kappa shape index (κ1) is 14.2. The highest BCUT2D eigenvalue weighted by molar-refractivity contribution is 9.11. The summed E-state index contributed by atoms with van der Waals surface area (Å²) in [4.78, 5) is 15.4. The fourth-order valence-corrected chi connectivity index (χ4v) is 3.27. The van der Waals surface area contributed by atoms with Crippen LogP contribution in [0.1, 0.15) is 10.5 Å². The van der Waals surface area contributed by atoms with Gasteiger partial charge in [0.05, 0.1) is 5.69 Å². The molecule has 21 heavy (non-hydrogen) atoms. The minimum atomic E-state index is -0.211. The lowest BCUT2D eigenvalue weighted by Gasteiger charge is -2.08. The number of carbonyl (C=O) groups excluding carboxylic acids is 1. The molecule has 2 aromatic carbocycles. The number of carbonyl (C=O) groups is 1. The van der Waals surface area contributed by atoms with E-state index in [1.807, 2.05) is 30.3 Å². The van der Waals surface area contributed by atoms with Crippen molar-refractivity contribution in [3.8, 4) is 0 Å². The third-order valence-corrected chi connectivity index (χ3v) is 4.41. The number of nitrogens with two attached hydrogens (primary N) is 1. The maximum atomic E-state index is 12.4. The molecule has 3 aromatic rings. The van der Waals surface area contributed by atoms with E-state index in [1.165, 1.54) is 0 Å². The number of amides is 1. The molecule has 106 valence electrons. The van der Waals surface area contributed by atoms with Crippen LogP contribution in [-0.4, -0.2) is 10.9 Å². The molecule has 0 unspecified atom stereocenters. The van der Waals surface area contributed by atoms with Gasteiger partial charge in [-0.05, 0) is 68.3 Å². The van der Waals surface area contributed by atoms with Crippen LogP contribution in [0.25, 0.3) is 10.9 Å². The van der Waals surface area contributed by atoms with E-state index in [0.717, 1.165) is 19.8 Å². The van der Waals surface area contributed by atoms with Gasteiger partial charge in [0.15, 0.2) is 0 Å². The summed E-state index contributed by atoms with van der Waals surface area (Å²) in [7, 11) is 0. The molecule has 4 N–H and O–H groups in total. The van der Waals surface area contributed by atoms with Gasteiger partial charge in [-0.3, -0.25) is 4.79 Å². The molecule has 0 atom stereocenters. The van der Waals surface area contributed by atoms with Crippen molar-refractivity contribution in [3.05, 3.63) is 57.1 Å². The Balaban J connectivity index is 1.94. The summed E-state index contributed by atoms with van der Waals surface area (Å²) in [5.41, 5.74) is 8.47. The predicted octanol–water partition coefficient (Wildman–Crippen LogP) is 4.53. The molecule has 0 aliphatic carbocycles. The number of anilines is 2. The molecular formula is C15H11Br2N3O. The fraction of sp³-hybridized carbons (Fsp3) is 0. The molecule has 0 bridgehead atoms. The van der Waals surface area contributed by atoms with Crippen molar-refractivity contribution in [2.75, 3.05) is 11.1 Å². The van der Waals surface area contributed by atoms with Gasteiger partial charge in [-0.1, -0.05) is 6.07 Å². The number of halogens is 2. The number of benzene rings is 2. The van der Waals surface area contributed by atoms with Crippen LogP contribution in [0.3, 0.4) is 0 Å². The van der Waals surface area contributed by atoms with E-state index in [0.29, 0.717) is 17.1 Å². The number of para-hydroxylation sites is 1. The number of hydrogen-bond donors (Lipinski definition) is 3. The molecule has 0 aliphatic rings. The summed E-state index contributed by atoms with van der Waals surface area (Å²) >= 11 is 6.84. The summed E-state index contributed by atoms with van der Waals surface area (Å²) in [5, 5.41) is 3.78. The summed E-state index contributed by atoms with van der Waals surface area (Å²) in [6.07, 6.45) is 0. The molecule has 3 rings (SSSR count). The second-order valence-corrected chi connectivity index (χ2v) is 6.29. The number of nitrogens with one attached hydrogen (secondary N) is 2. The Morgan fingerprint density at radius 3 is 2.52 bits per heavy atom. The van der Waals surface area contributed by atoms with Gasteiger partial charge in [0.2, 0.25) is 0 Å². The van der Waals surface area contributed by atoms with Crippen LogP contribution in [-0.2, 0) is 0 Å². The quantitative estimate of drug-likeness (QED) is 0.545. The maximum Gasteiger partial charge on any atom is 0.272 e. The van der Waals surface area contributed by atoms with Crippen molar-refractivity contribution >= 4 is 60.0 Å². The molecule has 0 saturated carbocycles. The fourth-order valence-electron chi connectivity index (χ4n) is 2.07. The summed E-state index contributed by atoms with van der Waals surface area (Å²) in [5.74, 6) is -0.211. The molecule has 0 spiro atoms. The Bertz CT molecular complexity index is 822. The molecule has 4 nitrogen and oxygen atoms in total. The van der Waals surface area contributed by atoms with Gasteiger partial charge in [-0.2, -0.15) is 0 Å². The van der Waals surface area contributed by atoms with Crippen molar-refractivity contribution in [1.82, 2.24) is 4.98 Å². The third-order valence-electron chi connectivity index (χ3n) is 3.09. The first-order chi connectivity index (χ1) is 10.0. The largest absolute Gasteiger partial charge is 0.399 e. The zero-order valence-electron chi connectivity index (χ0n) is 10.8. The Labute approximate surface area is 138 Å². The van der Waals surface area contributed by atoms with Gasteiger partial charge < -0.3 is 16.0 Å². The molecular weight excluding hydrogens is 398 g/mol. The lowest BCUT2D eigenvalue weighted by molar-refractivity contribution is 0.102. The number of hydrogen-bond acceptors (Lipinski definition) is 2. The van der Waals surface area contributed by atoms with Gasteiger partial charge in [-0.25, -0.2) is 0 Å². The Morgan fingerprint density at radius 2 is 1.81 bits per heavy atom. The summed E-state index contributed by atoms with van der Waals surface area (Å²) < 4.78 is 1.62. The first-order valence-corrected chi connectivity index (χ1v) is 7.77. The highest BCUT2D eigenvalue weighted by atomic mass is 79.9. The SMILES string of the molecule is Nc1ccc2[nH]c(C(=O)Nc3c(Br)cccc3Br)cc2c1. The monoisotopic (exact) mass is 407 g/mol.